The molecule has 0 N–H and O–H groups in total. The fraction of sp³-hybridized carbons (Fsp3) is 0.917. The van der Waals surface area contributed by atoms with Gasteiger partial charge in [0.1, 0.15) is 0 Å². The fourth-order valence-electron chi connectivity index (χ4n) is 2.02. The Morgan fingerprint density at radius 2 is 2.00 bits per heavy atom. The molecule has 0 bridgehead atoms. The lowest BCUT2D eigenvalue weighted by Gasteiger charge is -2.22. The maximum atomic E-state index is 11.7. The van der Waals surface area contributed by atoms with Gasteiger partial charge in [-0.05, 0) is 39.0 Å². The van der Waals surface area contributed by atoms with Gasteiger partial charge in [-0.2, -0.15) is 0 Å². The quantitative estimate of drug-likeness (QED) is 0.529. The van der Waals surface area contributed by atoms with Crippen LogP contribution in [0.1, 0.15) is 40.0 Å². The van der Waals surface area contributed by atoms with Crippen molar-refractivity contribution in [3.63, 3.8) is 0 Å². The van der Waals surface area contributed by atoms with E-state index in [1.54, 1.807) is 0 Å². The standard InChI is InChI=1S/C12H20O3/c1-4-12(2,3)11(13)14-7-8-5-9-10(6-8)15-9/h8-10H,4-7H2,1-3H3. The third kappa shape index (κ3) is 2.33. The number of carbonyl (C=O) groups is 1. The largest absolute Gasteiger partial charge is 0.465 e. The van der Waals surface area contributed by atoms with E-state index in [1.807, 2.05) is 20.8 Å². The zero-order chi connectivity index (χ0) is 11.1. The van der Waals surface area contributed by atoms with E-state index in [1.165, 1.54) is 0 Å². The third-order valence-electron chi connectivity index (χ3n) is 3.71. The van der Waals surface area contributed by atoms with Crippen LogP contribution in [0.4, 0.5) is 0 Å². The number of ether oxygens (including phenoxy) is 2. The molecule has 3 heteroatoms. The lowest BCUT2D eigenvalue weighted by Crippen LogP contribution is -2.27. The number of fused-ring (bicyclic) bond motifs is 1. The first-order chi connectivity index (χ1) is 7.03. The second-order valence-corrected chi connectivity index (χ2v) is 5.39. The monoisotopic (exact) mass is 212 g/mol. The average molecular weight is 212 g/mol. The molecule has 0 spiro atoms. The molecule has 2 unspecified atom stereocenters. The molecule has 1 saturated carbocycles. The fourth-order valence-corrected chi connectivity index (χ4v) is 2.02. The summed E-state index contributed by atoms with van der Waals surface area (Å²) in [4.78, 5) is 11.7. The summed E-state index contributed by atoms with van der Waals surface area (Å²) in [6.07, 6.45) is 3.93. The first kappa shape index (κ1) is 10.9. The molecule has 0 radical (unpaired) electrons. The van der Waals surface area contributed by atoms with Gasteiger partial charge in [-0.1, -0.05) is 6.92 Å². The molecule has 2 fully saturated rings. The maximum absolute atomic E-state index is 11.7. The number of epoxide rings is 1. The highest BCUT2D eigenvalue weighted by atomic mass is 16.6. The zero-order valence-corrected chi connectivity index (χ0v) is 9.79. The maximum Gasteiger partial charge on any atom is 0.311 e. The molecule has 1 aliphatic carbocycles. The summed E-state index contributed by atoms with van der Waals surface area (Å²) in [6, 6.07) is 0. The van der Waals surface area contributed by atoms with Gasteiger partial charge in [0.25, 0.3) is 0 Å². The van der Waals surface area contributed by atoms with E-state index in [0.717, 1.165) is 19.3 Å². The van der Waals surface area contributed by atoms with Crippen molar-refractivity contribution in [3.8, 4) is 0 Å². The summed E-state index contributed by atoms with van der Waals surface area (Å²) in [5.41, 5.74) is -0.335. The van der Waals surface area contributed by atoms with Crippen LogP contribution in [-0.2, 0) is 14.3 Å². The van der Waals surface area contributed by atoms with Crippen molar-refractivity contribution < 1.29 is 14.3 Å². The Kier molecular flexibility index (Phi) is 2.75. The van der Waals surface area contributed by atoms with Gasteiger partial charge in [0, 0.05) is 0 Å². The molecule has 1 saturated heterocycles. The lowest BCUT2D eigenvalue weighted by molar-refractivity contribution is -0.155. The second kappa shape index (κ2) is 3.78. The normalized spacial score (nSPS) is 33.7. The van der Waals surface area contributed by atoms with Gasteiger partial charge in [-0.3, -0.25) is 4.79 Å². The molecule has 3 nitrogen and oxygen atoms in total. The van der Waals surface area contributed by atoms with Crippen LogP contribution < -0.4 is 0 Å². The number of esters is 1. The van der Waals surface area contributed by atoms with Gasteiger partial charge < -0.3 is 9.47 Å². The molecule has 0 aromatic rings. The van der Waals surface area contributed by atoms with Crippen LogP contribution in [0.3, 0.4) is 0 Å². The van der Waals surface area contributed by atoms with Crippen LogP contribution in [0.15, 0.2) is 0 Å². The SMILES string of the molecule is CCC(C)(C)C(=O)OCC1CC2OC2C1. The van der Waals surface area contributed by atoms with Gasteiger partial charge in [-0.25, -0.2) is 0 Å². The number of hydrogen-bond acceptors (Lipinski definition) is 3. The van der Waals surface area contributed by atoms with E-state index >= 15 is 0 Å². The summed E-state index contributed by atoms with van der Waals surface area (Å²) in [5, 5.41) is 0. The minimum Gasteiger partial charge on any atom is -0.465 e. The Morgan fingerprint density at radius 1 is 1.40 bits per heavy atom. The molecule has 2 aliphatic rings. The molecule has 1 heterocycles. The highest BCUT2D eigenvalue weighted by Crippen LogP contribution is 2.42. The van der Waals surface area contributed by atoms with Crippen molar-refractivity contribution in [2.24, 2.45) is 11.3 Å². The molecule has 1 aliphatic heterocycles. The molecule has 0 aromatic heterocycles. The Hall–Kier alpha value is -0.570. The molecule has 2 atom stereocenters. The molecule has 86 valence electrons. The van der Waals surface area contributed by atoms with Gasteiger partial charge in [0.2, 0.25) is 0 Å². The third-order valence-corrected chi connectivity index (χ3v) is 3.71. The van der Waals surface area contributed by atoms with Crippen LogP contribution in [0, 0.1) is 11.3 Å². The summed E-state index contributed by atoms with van der Waals surface area (Å²) in [7, 11) is 0. The summed E-state index contributed by atoms with van der Waals surface area (Å²) >= 11 is 0. The topological polar surface area (TPSA) is 38.8 Å². The Morgan fingerprint density at radius 3 is 2.53 bits per heavy atom. The predicted molar refractivity (Wildman–Crippen MR) is 56.4 cm³/mol. The molecule has 2 rings (SSSR count). The number of carbonyl (C=O) groups excluding carboxylic acids is 1. The van der Waals surface area contributed by atoms with Crippen LogP contribution in [0.25, 0.3) is 0 Å². The van der Waals surface area contributed by atoms with Crippen molar-refractivity contribution >= 4 is 5.97 Å². The van der Waals surface area contributed by atoms with Gasteiger partial charge in [-0.15, -0.1) is 0 Å². The molecular formula is C12H20O3. The van der Waals surface area contributed by atoms with Crippen LogP contribution >= 0.6 is 0 Å². The van der Waals surface area contributed by atoms with E-state index in [2.05, 4.69) is 0 Å². The van der Waals surface area contributed by atoms with Gasteiger partial charge in [0.15, 0.2) is 0 Å². The van der Waals surface area contributed by atoms with Gasteiger partial charge in [0.05, 0.1) is 24.2 Å². The molecule has 0 aromatic carbocycles. The smallest absolute Gasteiger partial charge is 0.311 e. The minimum absolute atomic E-state index is 0.0634. The highest BCUT2D eigenvalue weighted by molar-refractivity contribution is 5.75. The van der Waals surface area contributed by atoms with E-state index in [0.29, 0.717) is 24.7 Å². The summed E-state index contributed by atoms with van der Waals surface area (Å²) in [6.45, 7) is 6.47. The van der Waals surface area contributed by atoms with Crippen molar-refractivity contribution in [1.82, 2.24) is 0 Å². The van der Waals surface area contributed by atoms with Crippen LogP contribution in [0.2, 0.25) is 0 Å². The lowest BCUT2D eigenvalue weighted by atomic mass is 9.90. The van der Waals surface area contributed by atoms with E-state index in [-0.39, 0.29) is 11.4 Å². The summed E-state index contributed by atoms with van der Waals surface area (Å²) in [5.74, 6) is 0.469. The average Bonchev–Trinajstić information content (AvgIpc) is 2.82. The molecule has 0 amide bonds. The molecular weight excluding hydrogens is 192 g/mol. The van der Waals surface area contributed by atoms with E-state index in [4.69, 9.17) is 9.47 Å². The Bertz CT molecular complexity index is 250. The van der Waals surface area contributed by atoms with Crippen molar-refractivity contribution in [3.05, 3.63) is 0 Å². The van der Waals surface area contributed by atoms with Crippen molar-refractivity contribution in [2.45, 2.75) is 52.2 Å². The second-order valence-electron chi connectivity index (χ2n) is 5.39. The molecule has 15 heavy (non-hydrogen) atoms. The zero-order valence-electron chi connectivity index (χ0n) is 9.79. The first-order valence-corrected chi connectivity index (χ1v) is 5.85. The van der Waals surface area contributed by atoms with Crippen LogP contribution in [-0.4, -0.2) is 24.8 Å². The Labute approximate surface area is 91.1 Å². The van der Waals surface area contributed by atoms with E-state index < -0.39 is 0 Å². The van der Waals surface area contributed by atoms with Gasteiger partial charge >= 0.3 is 5.97 Å². The summed E-state index contributed by atoms with van der Waals surface area (Å²) < 4.78 is 10.7. The Balaban J connectivity index is 1.71. The van der Waals surface area contributed by atoms with Crippen LogP contribution in [0.5, 0.6) is 0 Å². The highest BCUT2D eigenvalue weighted by Gasteiger charge is 2.48. The van der Waals surface area contributed by atoms with Crippen molar-refractivity contribution in [2.75, 3.05) is 6.61 Å². The number of rotatable bonds is 4. The number of hydrogen-bond donors (Lipinski definition) is 0. The minimum atomic E-state index is -0.335. The first-order valence-electron chi connectivity index (χ1n) is 5.85. The van der Waals surface area contributed by atoms with Crippen molar-refractivity contribution in [1.29, 1.82) is 0 Å². The predicted octanol–water partition coefficient (Wildman–Crippen LogP) is 2.14. The van der Waals surface area contributed by atoms with E-state index in [9.17, 15) is 4.79 Å².